The average Bonchev–Trinajstić information content (AvgIpc) is 2.51. The van der Waals surface area contributed by atoms with Crippen molar-refractivity contribution < 1.29 is 9.59 Å². The molecule has 1 amide bonds. The number of rotatable bonds is 3. The third-order valence-corrected chi connectivity index (χ3v) is 2.22. The summed E-state index contributed by atoms with van der Waals surface area (Å²) in [6.07, 6.45) is 0.667. The first kappa shape index (κ1) is 23.5. The van der Waals surface area contributed by atoms with E-state index < -0.39 is 0 Å². The first-order valence-electron chi connectivity index (χ1n) is 7.32. The molecule has 3 heteroatoms. The molecule has 0 aliphatic rings. The summed E-state index contributed by atoms with van der Waals surface area (Å²) >= 11 is 0. The summed E-state index contributed by atoms with van der Waals surface area (Å²) in [6.45, 7) is 13.2. The number of hydrogen-bond acceptors (Lipinski definition) is 2. The molecule has 0 saturated heterocycles. The summed E-state index contributed by atoms with van der Waals surface area (Å²) in [5, 5.41) is 0. The summed E-state index contributed by atoms with van der Waals surface area (Å²) in [4.78, 5) is 20.5. The summed E-state index contributed by atoms with van der Waals surface area (Å²) < 4.78 is 0. The first-order valence-corrected chi connectivity index (χ1v) is 7.32. The fraction of sp³-hybridized carbons (Fsp3) is 0.529. The number of benzene rings is 1. The Labute approximate surface area is 124 Å². The number of hydrogen-bond donors (Lipinski definition) is 1. The number of Topliss-reactive ketones (excluding diaryl/α,β-unsaturated/α-hetero) is 1. The van der Waals surface area contributed by atoms with Crippen LogP contribution < -0.4 is 5.73 Å². The maximum Gasteiger partial charge on any atom is 0.224 e. The number of carbonyl (C=O) groups is 2. The summed E-state index contributed by atoms with van der Waals surface area (Å²) in [5.41, 5.74) is 6.10. The van der Waals surface area contributed by atoms with E-state index in [9.17, 15) is 9.59 Å². The standard InChI is InChI=1S/C9H11NO.C4H8O.2C2H6/c1-7(9(10)11)8-5-3-2-4-6-8;1-3-4(2)5;2*1-2/h2-7H,1H3,(H2,10,11);3H2,1-2H3;2*1-2H3/t7-;;;/m0.../s1. The minimum Gasteiger partial charge on any atom is -0.369 e. The average molecular weight is 281 g/mol. The van der Waals surface area contributed by atoms with Gasteiger partial charge in [0.2, 0.25) is 5.91 Å². The molecule has 2 N–H and O–H groups in total. The SMILES string of the molecule is CC.CC.CCC(C)=O.C[C@H](C(N)=O)c1ccccc1. The van der Waals surface area contributed by atoms with Gasteiger partial charge in [0.25, 0.3) is 0 Å². The van der Waals surface area contributed by atoms with Crippen molar-refractivity contribution in [1.82, 2.24) is 0 Å². The quantitative estimate of drug-likeness (QED) is 0.897. The zero-order valence-electron chi connectivity index (χ0n) is 14.1. The lowest BCUT2D eigenvalue weighted by atomic mass is 10.0. The minimum atomic E-state index is -0.281. The van der Waals surface area contributed by atoms with Gasteiger partial charge in [0.15, 0.2) is 0 Å². The molecular formula is C17H31NO2. The normalized spacial score (nSPS) is 9.35. The molecule has 116 valence electrons. The summed E-state index contributed by atoms with van der Waals surface area (Å²) in [6, 6.07) is 9.51. The van der Waals surface area contributed by atoms with Gasteiger partial charge in [-0.15, -0.1) is 0 Å². The van der Waals surface area contributed by atoms with Gasteiger partial charge < -0.3 is 10.5 Å². The van der Waals surface area contributed by atoms with E-state index in [-0.39, 0.29) is 17.6 Å². The van der Waals surface area contributed by atoms with E-state index >= 15 is 0 Å². The van der Waals surface area contributed by atoms with Crippen molar-refractivity contribution in [1.29, 1.82) is 0 Å². The number of carbonyl (C=O) groups excluding carboxylic acids is 2. The molecule has 3 nitrogen and oxygen atoms in total. The Kier molecular flexibility index (Phi) is 20.4. The van der Waals surface area contributed by atoms with Gasteiger partial charge in [0.05, 0.1) is 5.92 Å². The lowest BCUT2D eigenvalue weighted by Gasteiger charge is -2.05. The lowest BCUT2D eigenvalue weighted by molar-refractivity contribution is -0.119. The van der Waals surface area contributed by atoms with E-state index in [1.165, 1.54) is 0 Å². The largest absolute Gasteiger partial charge is 0.369 e. The van der Waals surface area contributed by atoms with Crippen molar-refractivity contribution in [2.75, 3.05) is 0 Å². The third-order valence-electron chi connectivity index (χ3n) is 2.22. The van der Waals surface area contributed by atoms with Crippen LogP contribution in [0.3, 0.4) is 0 Å². The smallest absolute Gasteiger partial charge is 0.224 e. The molecule has 0 unspecified atom stereocenters. The highest BCUT2D eigenvalue weighted by molar-refractivity contribution is 5.81. The Morgan fingerprint density at radius 1 is 1.05 bits per heavy atom. The molecule has 1 atom stereocenters. The van der Waals surface area contributed by atoms with Gasteiger partial charge >= 0.3 is 0 Å². The van der Waals surface area contributed by atoms with Crippen molar-refractivity contribution in [3.8, 4) is 0 Å². The van der Waals surface area contributed by atoms with Crippen LogP contribution in [0.2, 0.25) is 0 Å². The number of nitrogens with two attached hydrogens (primary N) is 1. The van der Waals surface area contributed by atoms with Gasteiger partial charge in [-0.1, -0.05) is 65.0 Å². The molecule has 0 spiro atoms. The van der Waals surface area contributed by atoms with Crippen LogP contribution in [0, 0.1) is 0 Å². The number of primary amides is 1. The van der Waals surface area contributed by atoms with Gasteiger partial charge in [0, 0.05) is 6.42 Å². The highest BCUT2D eigenvalue weighted by Gasteiger charge is 2.09. The van der Waals surface area contributed by atoms with Crippen LogP contribution >= 0.6 is 0 Å². The molecule has 0 bridgehead atoms. The molecule has 1 aromatic carbocycles. The topological polar surface area (TPSA) is 60.2 Å². The van der Waals surface area contributed by atoms with Gasteiger partial charge in [-0.25, -0.2) is 0 Å². The van der Waals surface area contributed by atoms with Crippen molar-refractivity contribution in [2.24, 2.45) is 5.73 Å². The molecule has 20 heavy (non-hydrogen) atoms. The number of ketones is 1. The predicted molar refractivity (Wildman–Crippen MR) is 87.7 cm³/mol. The Bertz CT molecular complexity index is 334. The van der Waals surface area contributed by atoms with Gasteiger partial charge in [0.1, 0.15) is 5.78 Å². The third kappa shape index (κ3) is 14.4. The van der Waals surface area contributed by atoms with Crippen molar-refractivity contribution in [3.63, 3.8) is 0 Å². The second-order valence-corrected chi connectivity index (χ2v) is 3.59. The van der Waals surface area contributed by atoms with Crippen LogP contribution in [0.5, 0.6) is 0 Å². The van der Waals surface area contributed by atoms with Crippen molar-refractivity contribution in [2.45, 2.75) is 60.8 Å². The predicted octanol–water partition coefficient (Wildman–Crippen LogP) is 4.31. The van der Waals surface area contributed by atoms with Crippen LogP contribution in [0.15, 0.2) is 30.3 Å². The van der Waals surface area contributed by atoms with Crippen molar-refractivity contribution in [3.05, 3.63) is 35.9 Å². The molecule has 0 aromatic heterocycles. The Hall–Kier alpha value is -1.64. The zero-order chi connectivity index (χ0) is 16.6. The zero-order valence-corrected chi connectivity index (χ0v) is 14.1. The monoisotopic (exact) mass is 281 g/mol. The molecule has 1 aromatic rings. The highest BCUT2D eigenvalue weighted by atomic mass is 16.1. The van der Waals surface area contributed by atoms with Crippen LogP contribution in [-0.4, -0.2) is 11.7 Å². The molecule has 1 rings (SSSR count). The van der Waals surface area contributed by atoms with E-state index in [4.69, 9.17) is 5.73 Å². The number of amides is 1. The molecule has 0 heterocycles. The molecule has 0 aliphatic heterocycles. The van der Waals surface area contributed by atoms with Gasteiger partial charge in [-0.05, 0) is 19.4 Å². The summed E-state index contributed by atoms with van der Waals surface area (Å²) in [7, 11) is 0. The van der Waals surface area contributed by atoms with Crippen LogP contribution in [0.4, 0.5) is 0 Å². The maximum atomic E-state index is 10.7. The van der Waals surface area contributed by atoms with E-state index in [0.717, 1.165) is 5.56 Å². The summed E-state index contributed by atoms with van der Waals surface area (Å²) in [5.74, 6) is -0.211. The Balaban J connectivity index is -0.000000272. The second-order valence-electron chi connectivity index (χ2n) is 3.59. The second kappa shape index (κ2) is 17.4. The molecular weight excluding hydrogens is 250 g/mol. The molecule has 0 fully saturated rings. The lowest BCUT2D eigenvalue weighted by Crippen LogP contribution is -2.18. The fourth-order valence-corrected chi connectivity index (χ4v) is 0.906. The molecule has 0 aliphatic carbocycles. The van der Waals surface area contributed by atoms with Crippen LogP contribution in [-0.2, 0) is 9.59 Å². The Morgan fingerprint density at radius 3 is 1.65 bits per heavy atom. The van der Waals surface area contributed by atoms with E-state index in [2.05, 4.69) is 0 Å². The Morgan fingerprint density at radius 2 is 1.40 bits per heavy atom. The molecule has 0 saturated carbocycles. The van der Waals surface area contributed by atoms with Crippen LogP contribution in [0.25, 0.3) is 0 Å². The van der Waals surface area contributed by atoms with Crippen molar-refractivity contribution >= 4 is 11.7 Å². The fourth-order valence-electron chi connectivity index (χ4n) is 0.906. The molecule has 0 radical (unpaired) electrons. The van der Waals surface area contributed by atoms with Gasteiger partial charge in [-0.3, -0.25) is 4.79 Å². The van der Waals surface area contributed by atoms with Gasteiger partial charge in [-0.2, -0.15) is 0 Å². The minimum absolute atomic E-state index is 0.184. The van der Waals surface area contributed by atoms with E-state index in [1.807, 2.05) is 65.0 Å². The maximum absolute atomic E-state index is 10.7. The highest BCUT2D eigenvalue weighted by Crippen LogP contribution is 2.12. The first-order chi connectivity index (χ1) is 9.49. The van der Waals surface area contributed by atoms with E-state index in [0.29, 0.717) is 6.42 Å². The van der Waals surface area contributed by atoms with E-state index in [1.54, 1.807) is 13.8 Å². The van der Waals surface area contributed by atoms with Crippen LogP contribution in [0.1, 0.15) is 66.4 Å².